The average Bonchev–Trinajstić information content (AvgIpc) is 2.66. The molecular weight excluding hydrogens is 255 g/mol. The molecule has 0 unspecified atom stereocenters. The van der Waals surface area contributed by atoms with E-state index >= 15 is 0 Å². The highest BCUT2D eigenvalue weighted by molar-refractivity contribution is 7.79. The number of benzene rings is 1. The standard InChI is InChI=1S/C9H6Cl2N2OS/c10-5-1-2-6(7(11)3-5)9-12-8(4-15)14-13-9/h1-3,15H,4H2. The number of hydrogen-bond donors (Lipinski definition) is 1. The zero-order chi connectivity index (χ0) is 10.8. The first-order chi connectivity index (χ1) is 7.20. The Morgan fingerprint density at radius 1 is 1.33 bits per heavy atom. The molecule has 0 bridgehead atoms. The monoisotopic (exact) mass is 260 g/mol. The summed E-state index contributed by atoms with van der Waals surface area (Å²) in [6, 6.07) is 5.10. The van der Waals surface area contributed by atoms with Crippen LogP contribution >= 0.6 is 35.8 Å². The van der Waals surface area contributed by atoms with E-state index in [-0.39, 0.29) is 0 Å². The summed E-state index contributed by atoms with van der Waals surface area (Å²) in [6.45, 7) is 0. The maximum Gasteiger partial charge on any atom is 0.236 e. The van der Waals surface area contributed by atoms with Crippen LogP contribution < -0.4 is 0 Å². The quantitative estimate of drug-likeness (QED) is 0.841. The van der Waals surface area contributed by atoms with Crippen LogP contribution in [0.3, 0.4) is 0 Å². The molecule has 78 valence electrons. The van der Waals surface area contributed by atoms with Crippen LogP contribution in [0.15, 0.2) is 22.7 Å². The van der Waals surface area contributed by atoms with Gasteiger partial charge < -0.3 is 4.52 Å². The van der Waals surface area contributed by atoms with Crippen LogP contribution in [0.1, 0.15) is 5.89 Å². The lowest BCUT2D eigenvalue weighted by Gasteiger charge is -1.98. The summed E-state index contributed by atoms with van der Waals surface area (Å²) in [5.41, 5.74) is 0.692. The topological polar surface area (TPSA) is 38.9 Å². The van der Waals surface area contributed by atoms with Crippen LogP contribution in [-0.4, -0.2) is 10.1 Å². The van der Waals surface area contributed by atoms with Gasteiger partial charge in [0.1, 0.15) is 0 Å². The van der Waals surface area contributed by atoms with Gasteiger partial charge in [-0.3, -0.25) is 0 Å². The van der Waals surface area contributed by atoms with Gasteiger partial charge in [0.25, 0.3) is 0 Å². The molecule has 0 amide bonds. The fourth-order valence-corrected chi connectivity index (χ4v) is 1.72. The van der Waals surface area contributed by atoms with Gasteiger partial charge in [0, 0.05) is 10.6 Å². The molecule has 0 atom stereocenters. The van der Waals surface area contributed by atoms with Gasteiger partial charge in [0.05, 0.1) is 10.8 Å². The summed E-state index contributed by atoms with van der Waals surface area (Å²) in [4.78, 5) is 4.11. The molecule has 0 saturated carbocycles. The van der Waals surface area contributed by atoms with Crippen molar-refractivity contribution in [2.45, 2.75) is 5.75 Å². The zero-order valence-electron chi connectivity index (χ0n) is 7.44. The average molecular weight is 261 g/mol. The first-order valence-corrected chi connectivity index (χ1v) is 5.48. The van der Waals surface area contributed by atoms with Gasteiger partial charge in [-0.25, -0.2) is 0 Å². The second-order valence-corrected chi connectivity index (χ2v) is 3.95. The highest BCUT2D eigenvalue weighted by Gasteiger charge is 2.10. The Labute approximate surface area is 102 Å². The van der Waals surface area contributed by atoms with Gasteiger partial charge in [-0.1, -0.05) is 28.4 Å². The van der Waals surface area contributed by atoms with Crippen molar-refractivity contribution in [2.24, 2.45) is 0 Å². The number of aromatic nitrogens is 2. The predicted molar refractivity (Wildman–Crippen MR) is 62.4 cm³/mol. The third-order valence-electron chi connectivity index (χ3n) is 1.78. The maximum atomic E-state index is 5.99. The summed E-state index contributed by atoms with van der Waals surface area (Å²) < 4.78 is 4.92. The van der Waals surface area contributed by atoms with E-state index in [0.29, 0.717) is 33.1 Å². The molecule has 0 spiro atoms. The Morgan fingerprint density at radius 2 is 2.13 bits per heavy atom. The van der Waals surface area contributed by atoms with Crippen molar-refractivity contribution in [2.75, 3.05) is 0 Å². The highest BCUT2D eigenvalue weighted by atomic mass is 35.5. The summed E-state index contributed by atoms with van der Waals surface area (Å²) >= 11 is 15.8. The summed E-state index contributed by atoms with van der Waals surface area (Å²) in [7, 11) is 0. The van der Waals surface area contributed by atoms with Crippen molar-refractivity contribution in [3.05, 3.63) is 34.1 Å². The van der Waals surface area contributed by atoms with Crippen molar-refractivity contribution >= 4 is 35.8 Å². The van der Waals surface area contributed by atoms with Crippen molar-refractivity contribution in [1.82, 2.24) is 10.1 Å². The van der Waals surface area contributed by atoms with Crippen molar-refractivity contribution < 1.29 is 4.52 Å². The molecule has 0 aliphatic carbocycles. The minimum Gasteiger partial charge on any atom is -0.338 e. The Bertz CT molecular complexity index is 487. The number of halogens is 2. The van der Waals surface area contributed by atoms with Gasteiger partial charge >= 0.3 is 0 Å². The Kier molecular flexibility index (Phi) is 3.19. The molecule has 2 rings (SSSR count). The molecule has 0 saturated heterocycles. The van der Waals surface area contributed by atoms with Crippen LogP contribution in [0, 0.1) is 0 Å². The lowest BCUT2D eigenvalue weighted by molar-refractivity contribution is 0.392. The SMILES string of the molecule is SCc1nc(-c2ccc(Cl)cc2Cl)no1. The van der Waals surface area contributed by atoms with Gasteiger partial charge in [0.2, 0.25) is 11.7 Å². The summed E-state index contributed by atoms with van der Waals surface area (Å²) in [5, 5.41) is 4.85. The van der Waals surface area contributed by atoms with Crippen LogP contribution in [0.25, 0.3) is 11.4 Å². The minimum atomic E-state index is 0.401. The molecule has 0 aliphatic heterocycles. The van der Waals surface area contributed by atoms with E-state index in [4.69, 9.17) is 27.7 Å². The first kappa shape index (κ1) is 10.8. The van der Waals surface area contributed by atoms with Gasteiger partial charge in [-0.15, -0.1) is 0 Å². The molecule has 2 aromatic rings. The maximum absolute atomic E-state index is 5.99. The van der Waals surface area contributed by atoms with Crippen molar-refractivity contribution in [1.29, 1.82) is 0 Å². The second kappa shape index (κ2) is 4.43. The van der Waals surface area contributed by atoms with Crippen LogP contribution in [0.5, 0.6) is 0 Å². The Balaban J connectivity index is 2.44. The molecule has 6 heteroatoms. The Hall–Kier alpha value is -0.710. The van der Waals surface area contributed by atoms with Gasteiger partial charge in [-0.05, 0) is 18.2 Å². The van der Waals surface area contributed by atoms with E-state index in [0.717, 1.165) is 0 Å². The molecule has 0 N–H and O–H groups in total. The molecule has 0 aliphatic rings. The van der Waals surface area contributed by atoms with Crippen LogP contribution in [0.4, 0.5) is 0 Å². The zero-order valence-corrected chi connectivity index (χ0v) is 9.85. The Morgan fingerprint density at radius 3 is 2.73 bits per heavy atom. The first-order valence-electron chi connectivity index (χ1n) is 4.09. The third kappa shape index (κ3) is 2.27. The molecule has 0 radical (unpaired) electrons. The van der Waals surface area contributed by atoms with E-state index in [1.165, 1.54) is 0 Å². The van der Waals surface area contributed by atoms with E-state index in [1.54, 1.807) is 18.2 Å². The lowest BCUT2D eigenvalue weighted by Crippen LogP contribution is -1.83. The summed E-state index contributed by atoms with van der Waals surface area (Å²) in [5.74, 6) is 1.30. The van der Waals surface area contributed by atoms with Crippen LogP contribution in [-0.2, 0) is 5.75 Å². The van der Waals surface area contributed by atoms with E-state index < -0.39 is 0 Å². The molecule has 15 heavy (non-hydrogen) atoms. The number of thiol groups is 1. The molecule has 1 heterocycles. The van der Waals surface area contributed by atoms with E-state index in [9.17, 15) is 0 Å². The molecular formula is C9H6Cl2N2OS. The smallest absolute Gasteiger partial charge is 0.236 e. The van der Waals surface area contributed by atoms with Crippen molar-refractivity contribution in [3.8, 4) is 11.4 Å². The van der Waals surface area contributed by atoms with E-state index in [1.807, 2.05) is 0 Å². The highest BCUT2D eigenvalue weighted by Crippen LogP contribution is 2.28. The molecule has 3 nitrogen and oxygen atoms in total. The van der Waals surface area contributed by atoms with Gasteiger partial charge in [0.15, 0.2) is 0 Å². The van der Waals surface area contributed by atoms with Gasteiger partial charge in [-0.2, -0.15) is 17.6 Å². The molecule has 0 fully saturated rings. The molecule has 1 aromatic carbocycles. The predicted octanol–water partition coefficient (Wildman–Crippen LogP) is 3.47. The number of nitrogens with zero attached hydrogens (tertiary/aromatic N) is 2. The largest absolute Gasteiger partial charge is 0.338 e. The fraction of sp³-hybridized carbons (Fsp3) is 0.111. The van der Waals surface area contributed by atoms with Crippen LogP contribution in [0.2, 0.25) is 10.0 Å². The molecule has 1 aromatic heterocycles. The second-order valence-electron chi connectivity index (χ2n) is 2.79. The lowest BCUT2D eigenvalue weighted by atomic mass is 10.2. The third-order valence-corrected chi connectivity index (χ3v) is 2.59. The van der Waals surface area contributed by atoms with E-state index in [2.05, 4.69) is 22.8 Å². The number of hydrogen-bond acceptors (Lipinski definition) is 4. The summed E-state index contributed by atoms with van der Waals surface area (Å²) in [6.07, 6.45) is 0. The fourth-order valence-electron chi connectivity index (χ4n) is 1.10. The van der Waals surface area contributed by atoms with Crippen molar-refractivity contribution in [3.63, 3.8) is 0 Å². The normalized spacial score (nSPS) is 10.6. The number of rotatable bonds is 2. The minimum absolute atomic E-state index is 0.401.